The maximum atomic E-state index is 4.32. The van der Waals surface area contributed by atoms with E-state index in [0.717, 1.165) is 23.2 Å². The summed E-state index contributed by atoms with van der Waals surface area (Å²) in [5.74, 6) is 0. The average molecular weight is 342 g/mol. The molecule has 0 saturated heterocycles. The number of rotatable bonds is 5. The molecule has 1 aromatic heterocycles. The molecule has 0 unspecified atom stereocenters. The fourth-order valence-electron chi connectivity index (χ4n) is 2.15. The molecule has 0 saturated carbocycles. The third-order valence-corrected chi connectivity index (χ3v) is 5.09. The second-order valence-electron chi connectivity index (χ2n) is 4.98. The first kappa shape index (κ1) is 14.1. The Labute approximate surface area is 130 Å². The fraction of sp³-hybridized carbons (Fsp3) is 0.176. The summed E-state index contributed by atoms with van der Waals surface area (Å²) in [5.41, 5.74) is 3.70. The molecule has 2 aromatic carbocycles. The second-order valence-corrected chi connectivity index (χ2v) is 7.21. The molecule has 0 aliphatic carbocycles. The van der Waals surface area contributed by atoms with Crippen LogP contribution in [0.3, 0.4) is 0 Å². The molecule has 21 heavy (non-hydrogen) atoms. The Balaban J connectivity index is 1.61. The number of anilines is 2. The zero-order valence-corrected chi connectivity index (χ0v) is 13.6. The van der Waals surface area contributed by atoms with Crippen LogP contribution < -0.4 is 5.32 Å². The summed E-state index contributed by atoms with van der Waals surface area (Å²) in [5, 5.41) is 12.0. The average Bonchev–Trinajstić information content (AvgIpc) is 2.94. The Bertz CT molecular complexity index is 707. The molecule has 3 rings (SSSR count). The van der Waals surface area contributed by atoms with Gasteiger partial charge in [-0.05, 0) is 0 Å². The van der Waals surface area contributed by atoms with Crippen molar-refractivity contribution in [3.8, 4) is 0 Å². The standard InChI is InChI=1S/C17H17N3Se/c1-13-6-5-9-15(12-13)18-17-20-19-16(21-17)11-10-14-7-3-2-4-8-14/h2-9,12H,10-11H2,1H3,(H,18,20). The molecule has 106 valence electrons. The van der Waals surface area contributed by atoms with E-state index in [1.165, 1.54) is 15.7 Å². The van der Waals surface area contributed by atoms with Crippen molar-refractivity contribution < 1.29 is 0 Å². The van der Waals surface area contributed by atoms with Gasteiger partial charge >= 0.3 is 130 Å². The van der Waals surface area contributed by atoms with Crippen LogP contribution in [0.2, 0.25) is 0 Å². The first-order valence-corrected chi connectivity index (χ1v) is 8.71. The predicted octanol–water partition coefficient (Wildman–Crippen LogP) is 3.37. The molecule has 0 aliphatic rings. The summed E-state index contributed by atoms with van der Waals surface area (Å²) in [6, 6.07) is 18.9. The quantitative estimate of drug-likeness (QED) is 0.723. The summed E-state index contributed by atoms with van der Waals surface area (Å²) in [7, 11) is 0. The molecule has 1 N–H and O–H groups in total. The van der Waals surface area contributed by atoms with Crippen LogP contribution in [0, 0.1) is 6.92 Å². The molecule has 0 atom stereocenters. The molecule has 0 aliphatic heterocycles. The minimum absolute atomic E-state index is 0.221. The van der Waals surface area contributed by atoms with Crippen molar-refractivity contribution in [1.29, 1.82) is 0 Å². The Hall–Kier alpha value is -1.90. The van der Waals surface area contributed by atoms with Gasteiger partial charge in [-0.15, -0.1) is 0 Å². The van der Waals surface area contributed by atoms with Crippen LogP contribution in [0.5, 0.6) is 0 Å². The van der Waals surface area contributed by atoms with Gasteiger partial charge in [0, 0.05) is 0 Å². The van der Waals surface area contributed by atoms with Crippen molar-refractivity contribution in [2.45, 2.75) is 19.8 Å². The molecule has 0 amide bonds. The van der Waals surface area contributed by atoms with Gasteiger partial charge in [-0.2, -0.15) is 0 Å². The minimum atomic E-state index is 0.221. The van der Waals surface area contributed by atoms with Gasteiger partial charge in [0.15, 0.2) is 0 Å². The molecular formula is C17H17N3Se. The van der Waals surface area contributed by atoms with Gasteiger partial charge in [-0.1, -0.05) is 0 Å². The van der Waals surface area contributed by atoms with Crippen molar-refractivity contribution in [2.24, 2.45) is 0 Å². The third-order valence-electron chi connectivity index (χ3n) is 3.21. The van der Waals surface area contributed by atoms with E-state index < -0.39 is 0 Å². The number of nitrogens with zero attached hydrogens (tertiary/aromatic N) is 2. The van der Waals surface area contributed by atoms with E-state index in [2.05, 4.69) is 71.0 Å². The summed E-state index contributed by atoms with van der Waals surface area (Å²) >= 11 is 0.221. The van der Waals surface area contributed by atoms with Crippen molar-refractivity contribution in [1.82, 2.24) is 10.2 Å². The summed E-state index contributed by atoms with van der Waals surface area (Å²) in [4.78, 5) is 0. The molecule has 0 radical (unpaired) electrons. The first-order chi connectivity index (χ1) is 10.3. The zero-order chi connectivity index (χ0) is 14.5. The van der Waals surface area contributed by atoms with E-state index in [4.69, 9.17) is 0 Å². The Morgan fingerprint density at radius 3 is 2.62 bits per heavy atom. The van der Waals surface area contributed by atoms with E-state index in [1.54, 1.807) is 0 Å². The van der Waals surface area contributed by atoms with E-state index >= 15 is 0 Å². The number of benzene rings is 2. The first-order valence-electron chi connectivity index (χ1n) is 6.99. The van der Waals surface area contributed by atoms with Crippen LogP contribution in [0.15, 0.2) is 54.6 Å². The topological polar surface area (TPSA) is 37.8 Å². The van der Waals surface area contributed by atoms with Gasteiger partial charge in [0.25, 0.3) is 0 Å². The Morgan fingerprint density at radius 1 is 0.952 bits per heavy atom. The van der Waals surface area contributed by atoms with Crippen LogP contribution in [0.1, 0.15) is 15.7 Å². The van der Waals surface area contributed by atoms with Crippen molar-refractivity contribution in [3.63, 3.8) is 0 Å². The molecular weight excluding hydrogens is 325 g/mol. The molecule has 0 fully saturated rings. The van der Waals surface area contributed by atoms with Gasteiger partial charge in [0.05, 0.1) is 0 Å². The molecule has 3 aromatic rings. The van der Waals surface area contributed by atoms with Gasteiger partial charge in [-0.3, -0.25) is 0 Å². The normalized spacial score (nSPS) is 10.5. The summed E-state index contributed by atoms with van der Waals surface area (Å²) < 4.78 is 2.21. The Morgan fingerprint density at radius 2 is 1.81 bits per heavy atom. The van der Waals surface area contributed by atoms with E-state index in [9.17, 15) is 0 Å². The van der Waals surface area contributed by atoms with Crippen molar-refractivity contribution in [3.05, 3.63) is 70.3 Å². The van der Waals surface area contributed by atoms with Crippen LogP contribution in [0.25, 0.3) is 0 Å². The summed E-state index contributed by atoms with van der Waals surface area (Å²) in [6.45, 7) is 2.09. The molecule has 3 nitrogen and oxygen atoms in total. The van der Waals surface area contributed by atoms with E-state index in [0.29, 0.717) is 0 Å². The van der Waals surface area contributed by atoms with Gasteiger partial charge in [0.1, 0.15) is 0 Å². The number of hydrogen-bond acceptors (Lipinski definition) is 3. The Kier molecular flexibility index (Phi) is 4.49. The maximum absolute atomic E-state index is 4.32. The van der Waals surface area contributed by atoms with E-state index in [1.807, 2.05) is 6.07 Å². The number of aryl methyl sites for hydroxylation is 3. The SMILES string of the molecule is Cc1cccc(Nc2nnc(CCc3ccccc3)[se]2)c1. The number of nitrogens with one attached hydrogen (secondary N) is 1. The molecule has 0 spiro atoms. The second kappa shape index (κ2) is 6.70. The van der Waals surface area contributed by atoms with Crippen LogP contribution in [-0.4, -0.2) is 24.7 Å². The van der Waals surface area contributed by atoms with Crippen LogP contribution in [0.4, 0.5) is 10.4 Å². The third kappa shape index (κ3) is 4.03. The summed E-state index contributed by atoms with van der Waals surface area (Å²) in [6.07, 6.45) is 2.03. The van der Waals surface area contributed by atoms with Crippen LogP contribution in [-0.2, 0) is 12.8 Å². The van der Waals surface area contributed by atoms with Crippen LogP contribution >= 0.6 is 0 Å². The molecule has 0 bridgehead atoms. The van der Waals surface area contributed by atoms with Gasteiger partial charge in [0.2, 0.25) is 0 Å². The molecule has 1 heterocycles. The van der Waals surface area contributed by atoms with Crippen molar-refractivity contribution in [2.75, 3.05) is 5.32 Å². The van der Waals surface area contributed by atoms with Gasteiger partial charge in [-0.25, -0.2) is 0 Å². The number of aromatic nitrogens is 2. The van der Waals surface area contributed by atoms with Crippen molar-refractivity contribution >= 4 is 24.9 Å². The number of hydrogen-bond donors (Lipinski definition) is 1. The zero-order valence-electron chi connectivity index (χ0n) is 11.9. The fourth-order valence-corrected chi connectivity index (χ4v) is 3.74. The monoisotopic (exact) mass is 343 g/mol. The predicted molar refractivity (Wildman–Crippen MR) is 87.3 cm³/mol. The van der Waals surface area contributed by atoms with Gasteiger partial charge < -0.3 is 0 Å². The van der Waals surface area contributed by atoms with E-state index in [-0.39, 0.29) is 14.5 Å². The molecule has 4 heteroatoms.